The number of carbonyl (C=O) groups is 1. The van der Waals surface area contributed by atoms with Crippen molar-refractivity contribution < 1.29 is 9.90 Å². The zero-order chi connectivity index (χ0) is 10.8. The average Bonchev–Trinajstić information content (AvgIpc) is 2.66. The van der Waals surface area contributed by atoms with Gasteiger partial charge in [0.25, 0.3) is 0 Å². The molecule has 0 aliphatic heterocycles. The predicted molar refractivity (Wildman–Crippen MR) is 57.9 cm³/mol. The molecular formula is C12H15NO2. The van der Waals surface area contributed by atoms with Crippen LogP contribution < -0.4 is 5.73 Å². The highest BCUT2D eigenvalue weighted by Crippen LogP contribution is 2.29. The van der Waals surface area contributed by atoms with Gasteiger partial charge in [-0.3, -0.25) is 4.79 Å². The molecule has 3 heteroatoms. The van der Waals surface area contributed by atoms with E-state index in [0.29, 0.717) is 0 Å². The molecule has 0 saturated heterocycles. The zero-order valence-electron chi connectivity index (χ0n) is 8.57. The number of hydrogen-bond acceptors (Lipinski definition) is 2. The lowest BCUT2D eigenvalue weighted by Gasteiger charge is -2.14. The number of fused-ring (bicyclic) bond motifs is 1. The van der Waals surface area contributed by atoms with E-state index in [-0.39, 0.29) is 6.54 Å². The fraction of sp³-hybridized carbons (Fsp3) is 0.417. The molecule has 2 rings (SSSR count). The van der Waals surface area contributed by atoms with Crippen LogP contribution in [0.25, 0.3) is 0 Å². The number of rotatable bonds is 3. The summed E-state index contributed by atoms with van der Waals surface area (Å²) >= 11 is 0. The maximum Gasteiger partial charge on any atom is 0.312 e. The Labute approximate surface area is 88.9 Å². The molecule has 0 amide bonds. The topological polar surface area (TPSA) is 63.3 Å². The lowest BCUT2D eigenvalue weighted by molar-refractivity contribution is -0.138. The van der Waals surface area contributed by atoms with Crippen LogP contribution in [0.2, 0.25) is 0 Å². The third kappa shape index (κ3) is 1.75. The molecule has 0 heterocycles. The molecule has 0 saturated carbocycles. The molecule has 1 unspecified atom stereocenters. The first-order valence-corrected chi connectivity index (χ1v) is 5.27. The molecule has 0 aromatic heterocycles. The number of hydrogen-bond donors (Lipinski definition) is 2. The first-order chi connectivity index (χ1) is 7.24. The molecule has 1 aliphatic rings. The molecule has 0 radical (unpaired) electrons. The van der Waals surface area contributed by atoms with Crippen LogP contribution >= 0.6 is 0 Å². The van der Waals surface area contributed by atoms with Gasteiger partial charge in [0, 0.05) is 6.54 Å². The Morgan fingerprint density at radius 1 is 1.47 bits per heavy atom. The Hall–Kier alpha value is -1.35. The van der Waals surface area contributed by atoms with E-state index in [1.807, 2.05) is 12.1 Å². The summed E-state index contributed by atoms with van der Waals surface area (Å²) in [7, 11) is 0. The summed E-state index contributed by atoms with van der Waals surface area (Å²) in [6.07, 6.45) is 3.19. The molecule has 0 fully saturated rings. The highest BCUT2D eigenvalue weighted by Gasteiger charge is 2.24. The van der Waals surface area contributed by atoms with Crippen LogP contribution in [0.4, 0.5) is 0 Å². The molecule has 80 valence electrons. The monoisotopic (exact) mass is 205 g/mol. The van der Waals surface area contributed by atoms with Crippen LogP contribution in [-0.2, 0) is 17.6 Å². The maximum atomic E-state index is 11.1. The fourth-order valence-corrected chi connectivity index (χ4v) is 2.34. The number of carboxylic acid groups (broad SMARTS) is 1. The van der Waals surface area contributed by atoms with Crippen molar-refractivity contribution in [2.75, 3.05) is 6.54 Å². The molecule has 0 spiro atoms. The van der Waals surface area contributed by atoms with Gasteiger partial charge >= 0.3 is 5.97 Å². The smallest absolute Gasteiger partial charge is 0.312 e. The van der Waals surface area contributed by atoms with Gasteiger partial charge in [-0.25, -0.2) is 0 Å². The summed E-state index contributed by atoms with van der Waals surface area (Å²) in [5, 5.41) is 9.08. The van der Waals surface area contributed by atoms with E-state index in [9.17, 15) is 4.79 Å². The van der Waals surface area contributed by atoms with Crippen molar-refractivity contribution >= 4 is 5.97 Å². The fourth-order valence-electron chi connectivity index (χ4n) is 2.34. The highest BCUT2D eigenvalue weighted by atomic mass is 16.4. The largest absolute Gasteiger partial charge is 0.481 e. The van der Waals surface area contributed by atoms with Crippen molar-refractivity contribution in [2.24, 2.45) is 5.73 Å². The van der Waals surface area contributed by atoms with Crippen molar-refractivity contribution in [2.45, 2.75) is 25.2 Å². The standard InChI is InChI=1S/C12H15NO2/c13-7-11(12(14)15)10-6-2-4-8-3-1-5-9(8)10/h2,4,6,11H,1,3,5,7,13H2,(H,14,15). The summed E-state index contributed by atoms with van der Waals surface area (Å²) in [5.41, 5.74) is 8.95. The third-order valence-corrected chi connectivity index (χ3v) is 3.09. The zero-order valence-corrected chi connectivity index (χ0v) is 8.57. The number of aryl methyl sites for hydroxylation is 1. The summed E-state index contributed by atoms with van der Waals surface area (Å²) in [6, 6.07) is 5.92. The Morgan fingerprint density at radius 2 is 2.27 bits per heavy atom. The van der Waals surface area contributed by atoms with E-state index < -0.39 is 11.9 Å². The number of aliphatic carboxylic acids is 1. The van der Waals surface area contributed by atoms with E-state index in [2.05, 4.69) is 6.07 Å². The number of nitrogens with two attached hydrogens (primary N) is 1. The summed E-state index contributed by atoms with van der Waals surface area (Å²) in [5.74, 6) is -1.36. The Morgan fingerprint density at radius 3 is 2.93 bits per heavy atom. The minimum absolute atomic E-state index is 0.172. The minimum Gasteiger partial charge on any atom is -0.481 e. The minimum atomic E-state index is -0.821. The van der Waals surface area contributed by atoms with Crippen molar-refractivity contribution in [1.82, 2.24) is 0 Å². The van der Waals surface area contributed by atoms with Crippen LogP contribution in [-0.4, -0.2) is 17.6 Å². The van der Waals surface area contributed by atoms with Gasteiger partial charge in [-0.1, -0.05) is 18.2 Å². The van der Waals surface area contributed by atoms with Crippen LogP contribution in [0.5, 0.6) is 0 Å². The van der Waals surface area contributed by atoms with Crippen LogP contribution in [0.15, 0.2) is 18.2 Å². The average molecular weight is 205 g/mol. The van der Waals surface area contributed by atoms with E-state index in [0.717, 1.165) is 24.8 Å². The van der Waals surface area contributed by atoms with Gasteiger partial charge in [-0.15, -0.1) is 0 Å². The van der Waals surface area contributed by atoms with Gasteiger partial charge in [0.1, 0.15) is 0 Å². The molecule has 3 N–H and O–H groups in total. The lowest BCUT2D eigenvalue weighted by Crippen LogP contribution is -2.22. The molecule has 3 nitrogen and oxygen atoms in total. The second kappa shape index (κ2) is 4.03. The van der Waals surface area contributed by atoms with Gasteiger partial charge in [-0.2, -0.15) is 0 Å². The summed E-state index contributed by atoms with van der Waals surface area (Å²) in [4.78, 5) is 11.1. The summed E-state index contributed by atoms with van der Waals surface area (Å²) in [6.45, 7) is 0.172. The second-order valence-corrected chi connectivity index (χ2v) is 3.96. The molecule has 1 atom stereocenters. The van der Waals surface area contributed by atoms with Crippen molar-refractivity contribution in [3.05, 3.63) is 34.9 Å². The molecular weight excluding hydrogens is 190 g/mol. The van der Waals surface area contributed by atoms with Gasteiger partial charge in [0.15, 0.2) is 0 Å². The van der Waals surface area contributed by atoms with Gasteiger partial charge in [0.2, 0.25) is 0 Å². The Kier molecular flexibility index (Phi) is 2.73. The molecule has 1 aromatic rings. The lowest BCUT2D eigenvalue weighted by atomic mass is 9.92. The predicted octanol–water partition coefficient (Wildman–Crippen LogP) is 1.30. The van der Waals surface area contributed by atoms with Crippen molar-refractivity contribution in [1.29, 1.82) is 0 Å². The van der Waals surface area contributed by atoms with Crippen molar-refractivity contribution in [3.63, 3.8) is 0 Å². The summed E-state index contributed by atoms with van der Waals surface area (Å²) < 4.78 is 0. The normalized spacial score (nSPS) is 16.1. The molecule has 15 heavy (non-hydrogen) atoms. The molecule has 0 bridgehead atoms. The van der Waals surface area contributed by atoms with Crippen LogP contribution in [0.1, 0.15) is 29.0 Å². The van der Waals surface area contributed by atoms with Crippen LogP contribution in [0.3, 0.4) is 0 Å². The Balaban J connectivity index is 2.43. The van der Waals surface area contributed by atoms with E-state index in [1.54, 1.807) is 0 Å². The van der Waals surface area contributed by atoms with Crippen molar-refractivity contribution in [3.8, 4) is 0 Å². The number of benzene rings is 1. The second-order valence-electron chi connectivity index (χ2n) is 3.96. The maximum absolute atomic E-state index is 11.1. The first-order valence-electron chi connectivity index (χ1n) is 5.27. The third-order valence-electron chi connectivity index (χ3n) is 3.09. The Bertz CT molecular complexity index is 387. The highest BCUT2D eigenvalue weighted by molar-refractivity contribution is 5.77. The van der Waals surface area contributed by atoms with Gasteiger partial charge in [0.05, 0.1) is 5.92 Å². The van der Waals surface area contributed by atoms with Crippen LogP contribution in [0, 0.1) is 0 Å². The van der Waals surface area contributed by atoms with Gasteiger partial charge < -0.3 is 10.8 Å². The quantitative estimate of drug-likeness (QED) is 0.781. The van der Waals surface area contributed by atoms with E-state index >= 15 is 0 Å². The van der Waals surface area contributed by atoms with E-state index in [1.165, 1.54) is 11.1 Å². The SMILES string of the molecule is NCC(C(=O)O)c1cccc2c1CCC2. The molecule has 1 aliphatic carbocycles. The van der Waals surface area contributed by atoms with Gasteiger partial charge in [-0.05, 0) is 36.0 Å². The number of carboxylic acids is 1. The molecule has 1 aromatic carbocycles. The first kappa shape index (κ1) is 10.2. The van der Waals surface area contributed by atoms with E-state index in [4.69, 9.17) is 10.8 Å².